The van der Waals surface area contributed by atoms with E-state index in [4.69, 9.17) is 4.98 Å². The van der Waals surface area contributed by atoms with E-state index in [9.17, 15) is 0 Å². The van der Waals surface area contributed by atoms with E-state index in [1.165, 1.54) is 60.5 Å². The van der Waals surface area contributed by atoms with Crippen molar-refractivity contribution in [2.24, 2.45) is 5.92 Å². The Morgan fingerprint density at radius 1 is 0.614 bits per heavy atom. The first-order chi connectivity index (χ1) is 21.8. The molecule has 0 spiro atoms. The SMILES string of the molecule is CCc1nc2ccccc2n1-c1ccc(-c2c3ccccc3c(C3=CC4=CC=CC5=CC=CC(=C3)C54)c3ccccc23)cc1. The number of aryl methyl sites for hydroxylation is 1. The maximum absolute atomic E-state index is 4.91. The molecule has 1 heterocycles. The summed E-state index contributed by atoms with van der Waals surface area (Å²) < 4.78 is 2.30. The highest BCUT2D eigenvalue weighted by Gasteiger charge is 2.28. The topological polar surface area (TPSA) is 17.8 Å². The summed E-state index contributed by atoms with van der Waals surface area (Å²) in [5.41, 5.74) is 12.5. The van der Waals surface area contributed by atoms with Gasteiger partial charge in [-0.1, -0.05) is 128 Å². The fourth-order valence-electron chi connectivity index (χ4n) is 7.50. The van der Waals surface area contributed by atoms with E-state index in [2.05, 4.69) is 157 Å². The van der Waals surface area contributed by atoms with Crippen LogP contribution in [-0.2, 0) is 6.42 Å². The lowest BCUT2D eigenvalue weighted by Crippen LogP contribution is -2.15. The summed E-state index contributed by atoms with van der Waals surface area (Å²) in [6.07, 6.45) is 19.1. The lowest BCUT2D eigenvalue weighted by Gasteiger charge is -2.30. The molecule has 0 fully saturated rings. The van der Waals surface area contributed by atoms with Crippen LogP contribution in [0.15, 0.2) is 162 Å². The van der Waals surface area contributed by atoms with E-state index in [-0.39, 0.29) is 0 Å². The second kappa shape index (κ2) is 9.79. The van der Waals surface area contributed by atoms with E-state index >= 15 is 0 Å². The average molecular weight is 563 g/mol. The Hall–Kier alpha value is -5.47. The number of rotatable bonds is 4. The van der Waals surface area contributed by atoms with Gasteiger partial charge >= 0.3 is 0 Å². The van der Waals surface area contributed by atoms with Gasteiger partial charge in [0, 0.05) is 18.0 Å². The molecule has 208 valence electrons. The van der Waals surface area contributed by atoms with Gasteiger partial charge in [-0.3, -0.25) is 4.57 Å². The van der Waals surface area contributed by atoms with Crippen molar-refractivity contribution < 1.29 is 0 Å². The quantitative estimate of drug-likeness (QED) is 0.195. The second-order valence-corrected chi connectivity index (χ2v) is 11.8. The van der Waals surface area contributed by atoms with E-state index in [0.29, 0.717) is 5.92 Å². The third kappa shape index (κ3) is 3.71. The third-order valence-corrected chi connectivity index (χ3v) is 9.38. The fraction of sp³-hybridized carbons (Fsp3) is 0.0714. The molecule has 1 atom stereocenters. The van der Waals surface area contributed by atoms with Crippen LogP contribution in [0.4, 0.5) is 0 Å². The molecule has 2 heteroatoms. The van der Waals surface area contributed by atoms with Gasteiger partial charge in [0.25, 0.3) is 0 Å². The van der Waals surface area contributed by atoms with Crippen LogP contribution >= 0.6 is 0 Å². The number of fused-ring (bicyclic) bond motifs is 3. The minimum Gasteiger partial charge on any atom is -0.296 e. The Labute approximate surface area is 257 Å². The molecule has 0 radical (unpaired) electrons. The molecule has 44 heavy (non-hydrogen) atoms. The van der Waals surface area contributed by atoms with E-state index in [1.807, 2.05) is 0 Å². The molecule has 0 amide bonds. The van der Waals surface area contributed by atoms with Crippen molar-refractivity contribution in [2.75, 3.05) is 0 Å². The number of benzene rings is 5. The number of aromatic nitrogens is 2. The monoisotopic (exact) mass is 562 g/mol. The Balaban J connectivity index is 1.25. The highest BCUT2D eigenvalue weighted by atomic mass is 15.1. The van der Waals surface area contributed by atoms with Gasteiger partial charge in [0.2, 0.25) is 0 Å². The summed E-state index contributed by atoms with van der Waals surface area (Å²) in [6, 6.07) is 35.3. The zero-order valence-corrected chi connectivity index (χ0v) is 24.5. The first kappa shape index (κ1) is 25.1. The molecule has 0 saturated heterocycles. The largest absolute Gasteiger partial charge is 0.296 e. The summed E-state index contributed by atoms with van der Waals surface area (Å²) in [7, 11) is 0. The van der Waals surface area contributed by atoms with E-state index in [1.54, 1.807) is 0 Å². The number of nitrogens with zero attached hydrogens (tertiary/aromatic N) is 2. The average Bonchev–Trinajstić information content (AvgIpc) is 3.46. The second-order valence-electron chi connectivity index (χ2n) is 11.8. The van der Waals surface area contributed by atoms with Crippen LogP contribution in [0.1, 0.15) is 18.3 Å². The molecule has 1 unspecified atom stereocenters. The molecule has 0 bridgehead atoms. The molecule has 3 aliphatic rings. The zero-order valence-electron chi connectivity index (χ0n) is 24.5. The van der Waals surface area contributed by atoms with Crippen molar-refractivity contribution in [3.05, 3.63) is 174 Å². The van der Waals surface area contributed by atoms with Crippen molar-refractivity contribution in [2.45, 2.75) is 13.3 Å². The maximum atomic E-state index is 4.91. The molecule has 0 N–H and O–H groups in total. The molecule has 0 aliphatic heterocycles. The Morgan fingerprint density at radius 3 is 1.93 bits per heavy atom. The van der Waals surface area contributed by atoms with Gasteiger partial charge in [0.1, 0.15) is 5.82 Å². The van der Waals surface area contributed by atoms with Crippen LogP contribution in [0.25, 0.3) is 55.0 Å². The number of imidazole rings is 1. The van der Waals surface area contributed by atoms with Crippen molar-refractivity contribution >= 4 is 38.2 Å². The molecule has 5 aromatic carbocycles. The van der Waals surface area contributed by atoms with Crippen LogP contribution in [0, 0.1) is 5.92 Å². The normalized spacial score (nSPS) is 17.0. The van der Waals surface area contributed by atoms with Gasteiger partial charge in [-0.25, -0.2) is 4.98 Å². The van der Waals surface area contributed by atoms with Crippen molar-refractivity contribution in [3.8, 4) is 16.8 Å². The minimum absolute atomic E-state index is 0.338. The van der Waals surface area contributed by atoms with E-state index in [0.717, 1.165) is 29.0 Å². The predicted octanol–water partition coefficient (Wildman–Crippen LogP) is 10.5. The van der Waals surface area contributed by atoms with Crippen molar-refractivity contribution in [1.29, 1.82) is 0 Å². The summed E-state index contributed by atoms with van der Waals surface area (Å²) in [6.45, 7) is 2.17. The van der Waals surface area contributed by atoms with Gasteiger partial charge in [-0.15, -0.1) is 0 Å². The number of hydrogen-bond donors (Lipinski definition) is 0. The smallest absolute Gasteiger partial charge is 0.114 e. The van der Waals surface area contributed by atoms with Crippen LogP contribution < -0.4 is 0 Å². The van der Waals surface area contributed by atoms with Crippen LogP contribution in [0.2, 0.25) is 0 Å². The Bertz CT molecular complexity index is 2290. The van der Waals surface area contributed by atoms with Crippen LogP contribution in [-0.4, -0.2) is 9.55 Å². The highest BCUT2D eigenvalue weighted by Crippen LogP contribution is 2.47. The third-order valence-electron chi connectivity index (χ3n) is 9.38. The standard InChI is InChI=1S/C42H30N2/c1-2-39-43-37-19-7-8-20-38(37)44(39)32-23-21-28(22-24-32)41-33-15-3-5-17-35(33)42(36-18-6-4-16-34(36)41)31-25-29-13-9-11-27-12-10-14-30(26-31)40(27)29/h3-26,40H,2H2,1H3. The van der Waals surface area contributed by atoms with Crippen molar-refractivity contribution in [1.82, 2.24) is 9.55 Å². The molecule has 0 saturated carbocycles. The molecule has 2 nitrogen and oxygen atoms in total. The van der Waals surface area contributed by atoms with Gasteiger partial charge in [0.05, 0.1) is 11.0 Å². The van der Waals surface area contributed by atoms with Crippen LogP contribution in [0.3, 0.4) is 0 Å². The highest BCUT2D eigenvalue weighted by molar-refractivity contribution is 6.19. The number of allylic oxidation sites excluding steroid dienone is 12. The molecule has 6 aromatic rings. The predicted molar refractivity (Wildman–Crippen MR) is 185 cm³/mol. The van der Waals surface area contributed by atoms with Gasteiger partial charge in [-0.2, -0.15) is 0 Å². The number of para-hydroxylation sites is 2. The van der Waals surface area contributed by atoms with Gasteiger partial charge in [-0.05, 0) is 84.8 Å². The lowest BCUT2D eigenvalue weighted by molar-refractivity contribution is 0.881. The van der Waals surface area contributed by atoms with Gasteiger partial charge < -0.3 is 0 Å². The molecular formula is C42H30N2. The Morgan fingerprint density at radius 2 is 1.23 bits per heavy atom. The zero-order chi connectivity index (χ0) is 29.2. The molecule has 1 aromatic heterocycles. The fourth-order valence-corrected chi connectivity index (χ4v) is 7.50. The summed E-state index contributed by atoms with van der Waals surface area (Å²) in [4.78, 5) is 4.91. The van der Waals surface area contributed by atoms with Gasteiger partial charge in [0.15, 0.2) is 0 Å². The maximum Gasteiger partial charge on any atom is 0.114 e. The Kier molecular flexibility index (Phi) is 5.58. The first-order valence-electron chi connectivity index (χ1n) is 15.5. The summed E-state index contributed by atoms with van der Waals surface area (Å²) in [5, 5.41) is 5.11. The number of hydrogen-bond acceptors (Lipinski definition) is 1. The summed E-state index contributed by atoms with van der Waals surface area (Å²) in [5.74, 6) is 1.42. The first-order valence-corrected chi connectivity index (χ1v) is 15.5. The lowest BCUT2D eigenvalue weighted by atomic mass is 9.73. The molecule has 9 rings (SSSR count). The molecule has 3 aliphatic carbocycles. The molecular weight excluding hydrogens is 532 g/mol. The van der Waals surface area contributed by atoms with E-state index < -0.39 is 0 Å². The summed E-state index contributed by atoms with van der Waals surface area (Å²) >= 11 is 0. The van der Waals surface area contributed by atoms with Crippen LogP contribution in [0.5, 0.6) is 0 Å². The van der Waals surface area contributed by atoms with Crippen molar-refractivity contribution in [3.63, 3.8) is 0 Å². The minimum atomic E-state index is 0.338.